The van der Waals surface area contributed by atoms with Crippen LogP contribution in [0.1, 0.15) is 0 Å². The molecule has 0 bridgehead atoms. The summed E-state index contributed by atoms with van der Waals surface area (Å²) in [6.07, 6.45) is -8.84. The molecule has 0 aromatic heterocycles. The zero-order chi connectivity index (χ0) is 9.08. The molecule has 1 unspecified atom stereocenters. The lowest BCUT2D eigenvalue weighted by Crippen LogP contribution is -2.32. The highest BCUT2D eigenvalue weighted by Gasteiger charge is 2.97. The Labute approximate surface area is 56.0 Å². The molecule has 1 saturated carbocycles. The average molecular weight is 181 g/mol. The van der Waals surface area contributed by atoms with Crippen LogP contribution in [-0.2, 0) is 0 Å². The first-order chi connectivity index (χ1) is 4.65. The standard InChI is InChI=1S/C4F7/c5-1-2(6,3(1,7)8)4(9,10)11. The topological polar surface area (TPSA) is 0 Å². The Morgan fingerprint density at radius 1 is 1.00 bits per heavy atom. The molecule has 1 aliphatic rings. The van der Waals surface area contributed by atoms with Gasteiger partial charge in [-0.2, -0.15) is 22.0 Å². The molecule has 0 aromatic carbocycles. The summed E-state index contributed by atoms with van der Waals surface area (Å²) in [5, 5.41) is 0. The Morgan fingerprint density at radius 2 is 1.27 bits per heavy atom. The van der Waals surface area contributed by atoms with Crippen LogP contribution in [0, 0.1) is 6.17 Å². The quantitative estimate of drug-likeness (QED) is 0.503. The van der Waals surface area contributed by atoms with Gasteiger partial charge in [0.2, 0.25) is 0 Å². The third-order valence-electron chi connectivity index (χ3n) is 1.34. The van der Waals surface area contributed by atoms with Crippen LogP contribution < -0.4 is 0 Å². The van der Waals surface area contributed by atoms with Gasteiger partial charge in [0.05, 0.1) is 0 Å². The van der Waals surface area contributed by atoms with Crippen LogP contribution in [-0.4, -0.2) is 17.8 Å². The van der Waals surface area contributed by atoms with E-state index in [4.69, 9.17) is 0 Å². The van der Waals surface area contributed by atoms with Crippen molar-refractivity contribution >= 4 is 0 Å². The van der Waals surface area contributed by atoms with E-state index < -0.39 is 23.9 Å². The van der Waals surface area contributed by atoms with Crippen molar-refractivity contribution < 1.29 is 30.7 Å². The van der Waals surface area contributed by atoms with Crippen LogP contribution in [0.2, 0.25) is 0 Å². The van der Waals surface area contributed by atoms with E-state index in [1.54, 1.807) is 0 Å². The molecule has 1 atom stereocenters. The molecule has 65 valence electrons. The van der Waals surface area contributed by atoms with E-state index in [1.165, 1.54) is 0 Å². The third-order valence-corrected chi connectivity index (χ3v) is 1.34. The lowest BCUT2D eigenvalue weighted by molar-refractivity contribution is -0.217. The van der Waals surface area contributed by atoms with Crippen LogP contribution in [0.5, 0.6) is 0 Å². The minimum absolute atomic E-state index is 2.96. The van der Waals surface area contributed by atoms with Gasteiger partial charge in [0.1, 0.15) is 0 Å². The summed E-state index contributed by atoms with van der Waals surface area (Å²) in [6, 6.07) is 0. The van der Waals surface area contributed by atoms with Crippen LogP contribution >= 0.6 is 0 Å². The van der Waals surface area contributed by atoms with Gasteiger partial charge in [0.15, 0.2) is 0 Å². The Kier molecular flexibility index (Phi) is 1.28. The minimum Gasteiger partial charge on any atom is -0.229 e. The van der Waals surface area contributed by atoms with Gasteiger partial charge in [-0.3, -0.25) is 0 Å². The second-order valence-electron chi connectivity index (χ2n) is 2.04. The predicted octanol–water partition coefficient (Wildman–Crippen LogP) is 2.41. The summed E-state index contributed by atoms with van der Waals surface area (Å²) < 4.78 is 80.3. The van der Waals surface area contributed by atoms with Crippen molar-refractivity contribution in [2.45, 2.75) is 17.8 Å². The van der Waals surface area contributed by atoms with E-state index in [1.807, 2.05) is 0 Å². The van der Waals surface area contributed by atoms with Gasteiger partial charge in [-0.1, -0.05) is 0 Å². The zero-order valence-electron chi connectivity index (χ0n) is 4.65. The largest absolute Gasteiger partial charge is 0.432 e. The summed E-state index contributed by atoms with van der Waals surface area (Å²) in [7, 11) is 0. The monoisotopic (exact) mass is 181 g/mol. The Morgan fingerprint density at radius 3 is 1.27 bits per heavy atom. The molecule has 0 aliphatic heterocycles. The third kappa shape index (κ3) is 0.709. The SMILES string of the molecule is F[C]1C(F)(F)C1(F)C(F)(F)F. The highest BCUT2D eigenvalue weighted by atomic mass is 19.4. The zero-order valence-corrected chi connectivity index (χ0v) is 4.65. The van der Waals surface area contributed by atoms with Crippen LogP contribution in [0.15, 0.2) is 0 Å². The fraction of sp³-hybridized carbons (Fsp3) is 0.750. The van der Waals surface area contributed by atoms with E-state index >= 15 is 0 Å². The summed E-state index contributed by atoms with van der Waals surface area (Å²) in [4.78, 5) is 0. The molecule has 1 rings (SSSR count). The maximum atomic E-state index is 11.9. The predicted molar refractivity (Wildman–Crippen MR) is 19.2 cm³/mol. The number of rotatable bonds is 0. The molecule has 1 aliphatic carbocycles. The van der Waals surface area contributed by atoms with Gasteiger partial charge in [-0.15, -0.1) is 0 Å². The first-order valence-corrected chi connectivity index (χ1v) is 2.32. The average Bonchev–Trinajstić information content (AvgIpc) is 2.14. The minimum atomic E-state index is -5.87. The van der Waals surface area contributed by atoms with Crippen molar-refractivity contribution in [1.29, 1.82) is 0 Å². The molecular formula is C4F7. The smallest absolute Gasteiger partial charge is 0.229 e. The highest BCUT2D eigenvalue weighted by Crippen LogP contribution is 2.70. The fourth-order valence-electron chi connectivity index (χ4n) is 0.588. The van der Waals surface area contributed by atoms with Gasteiger partial charge in [0.25, 0.3) is 6.17 Å². The van der Waals surface area contributed by atoms with E-state index in [9.17, 15) is 30.7 Å². The molecule has 0 N–H and O–H groups in total. The van der Waals surface area contributed by atoms with Gasteiger partial charge < -0.3 is 0 Å². The number of halogens is 7. The van der Waals surface area contributed by atoms with Crippen LogP contribution in [0.3, 0.4) is 0 Å². The molecule has 0 aromatic rings. The molecule has 11 heavy (non-hydrogen) atoms. The van der Waals surface area contributed by atoms with E-state index in [2.05, 4.69) is 0 Å². The van der Waals surface area contributed by atoms with Crippen molar-refractivity contribution in [3.63, 3.8) is 0 Å². The molecular weight excluding hydrogens is 181 g/mol. The molecule has 1 fully saturated rings. The molecule has 0 saturated heterocycles. The maximum Gasteiger partial charge on any atom is 0.432 e. The molecule has 0 nitrogen and oxygen atoms in total. The van der Waals surface area contributed by atoms with Gasteiger partial charge in [-0.05, 0) is 0 Å². The van der Waals surface area contributed by atoms with Crippen molar-refractivity contribution in [3.05, 3.63) is 6.17 Å². The summed E-state index contributed by atoms with van der Waals surface area (Å²) >= 11 is 0. The Hall–Kier alpha value is -0.490. The number of hydrogen-bond donors (Lipinski definition) is 0. The highest BCUT2D eigenvalue weighted by molar-refractivity contribution is 5.39. The van der Waals surface area contributed by atoms with Crippen molar-refractivity contribution in [1.82, 2.24) is 0 Å². The van der Waals surface area contributed by atoms with E-state index in [0.717, 1.165) is 0 Å². The molecule has 0 spiro atoms. The Balaban J connectivity index is 2.92. The molecule has 0 amide bonds. The first-order valence-electron chi connectivity index (χ1n) is 2.32. The second-order valence-corrected chi connectivity index (χ2v) is 2.04. The van der Waals surface area contributed by atoms with Gasteiger partial charge >= 0.3 is 17.8 Å². The van der Waals surface area contributed by atoms with Crippen molar-refractivity contribution in [2.24, 2.45) is 0 Å². The summed E-state index contributed by atoms with van der Waals surface area (Å²) in [5.41, 5.74) is -5.04. The maximum absolute atomic E-state index is 11.9. The number of hydrogen-bond acceptors (Lipinski definition) is 0. The van der Waals surface area contributed by atoms with E-state index in [0.29, 0.717) is 0 Å². The van der Waals surface area contributed by atoms with Gasteiger partial charge in [0, 0.05) is 0 Å². The van der Waals surface area contributed by atoms with Gasteiger partial charge in [-0.25, -0.2) is 8.78 Å². The molecule has 7 heteroatoms. The summed E-state index contributed by atoms with van der Waals surface area (Å²) in [6.45, 7) is 0. The lowest BCUT2D eigenvalue weighted by Gasteiger charge is -2.08. The number of alkyl halides is 6. The second kappa shape index (κ2) is 1.64. The fourth-order valence-corrected chi connectivity index (χ4v) is 0.588. The van der Waals surface area contributed by atoms with Crippen LogP contribution in [0.4, 0.5) is 30.7 Å². The lowest BCUT2D eigenvalue weighted by atomic mass is 10.3. The van der Waals surface area contributed by atoms with Crippen LogP contribution in [0.25, 0.3) is 0 Å². The normalized spacial score (nSPS) is 37.4. The first kappa shape index (κ1) is 8.61. The van der Waals surface area contributed by atoms with Crippen molar-refractivity contribution in [3.8, 4) is 0 Å². The van der Waals surface area contributed by atoms with Crippen molar-refractivity contribution in [2.75, 3.05) is 0 Å². The molecule has 0 heterocycles. The summed E-state index contributed by atoms with van der Waals surface area (Å²) in [5.74, 6) is -4.99. The molecule has 1 radical (unpaired) electrons. The van der Waals surface area contributed by atoms with E-state index in [-0.39, 0.29) is 0 Å². The Bertz CT molecular complexity index is 169.